The molecule has 0 amide bonds. The van der Waals surface area contributed by atoms with Crippen molar-refractivity contribution < 1.29 is 4.74 Å². The van der Waals surface area contributed by atoms with Gasteiger partial charge in [-0.05, 0) is 31.2 Å². The van der Waals surface area contributed by atoms with Crippen molar-refractivity contribution in [3.8, 4) is 0 Å². The molecule has 1 fully saturated rings. The number of rotatable bonds is 3. The summed E-state index contributed by atoms with van der Waals surface area (Å²) in [6, 6.07) is 4.45. The Morgan fingerprint density at radius 1 is 1.67 bits per heavy atom. The predicted octanol–water partition coefficient (Wildman–Crippen LogP) is 1.96. The molecule has 2 heterocycles. The van der Waals surface area contributed by atoms with Crippen LogP contribution in [0.4, 0.5) is 0 Å². The van der Waals surface area contributed by atoms with E-state index in [-0.39, 0.29) is 0 Å². The zero-order valence-corrected chi connectivity index (χ0v) is 9.57. The number of halogens is 1. The van der Waals surface area contributed by atoms with Crippen molar-refractivity contribution in [1.29, 1.82) is 0 Å². The molecule has 1 aliphatic rings. The summed E-state index contributed by atoms with van der Waals surface area (Å²) in [5, 5.41) is 0.559. The summed E-state index contributed by atoms with van der Waals surface area (Å²) in [6.45, 7) is 2.62. The molecule has 3 nitrogen and oxygen atoms in total. The monoisotopic (exact) mass is 226 g/mol. The van der Waals surface area contributed by atoms with Crippen LogP contribution in [0, 0.1) is 0 Å². The van der Waals surface area contributed by atoms with Crippen molar-refractivity contribution in [3.63, 3.8) is 0 Å². The summed E-state index contributed by atoms with van der Waals surface area (Å²) in [5.41, 5.74) is 1.20. The van der Waals surface area contributed by atoms with Crippen molar-refractivity contribution in [2.45, 2.75) is 19.0 Å². The highest BCUT2D eigenvalue weighted by atomic mass is 35.5. The molecule has 1 aliphatic heterocycles. The van der Waals surface area contributed by atoms with Crippen molar-refractivity contribution in [1.82, 2.24) is 9.88 Å². The van der Waals surface area contributed by atoms with E-state index in [1.54, 1.807) is 6.20 Å². The van der Waals surface area contributed by atoms with E-state index in [9.17, 15) is 0 Å². The van der Waals surface area contributed by atoms with Crippen LogP contribution >= 0.6 is 11.6 Å². The summed E-state index contributed by atoms with van der Waals surface area (Å²) in [5.74, 6) is 0. The molecule has 0 spiro atoms. The Balaban J connectivity index is 1.95. The van der Waals surface area contributed by atoms with E-state index >= 15 is 0 Å². The molecule has 0 aromatic carbocycles. The van der Waals surface area contributed by atoms with Gasteiger partial charge in [-0.2, -0.15) is 0 Å². The van der Waals surface area contributed by atoms with Crippen molar-refractivity contribution >= 4 is 11.6 Å². The Morgan fingerprint density at radius 2 is 2.53 bits per heavy atom. The number of hydrogen-bond acceptors (Lipinski definition) is 3. The van der Waals surface area contributed by atoms with Gasteiger partial charge in [-0.3, -0.25) is 4.90 Å². The Kier molecular flexibility index (Phi) is 3.57. The van der Waals surface area contributed by atoms with E-state index in [2.05, 4.69) is 16.9 Å². The van der Waals surface area contributed by atoms with Crippen LogP contribution in [0.3, 0.4) is 0 Å². The molecular weight excluding hydrogens is 212 g/mol. The maximum absolute atomic E-state index is 5.83. The first-order chi connectivity index (χ1) is 7.25. The van der Waals surface area contributed by atoms with Crippen LogP contribution < -0.4 is 0 Å². The highest BCUT2D eigenvalue weighted by Crippen LogP contribution is 2.15. The molecule has 0 saturated carbocycles. The second-order valence-corrected chi connectivity index (χ2v) is 4.31. The van der Waals surface area contributed by atoms with Gasteiger partial charge in [0.2, 0.25) is 0 Å². The van der Waals surface area contributed by atoms with E-state index in [4.69, 9.17) is 16.3 Å². The van der Waals surface area contributed by atoms with Crippen molar-refractivity contribution in [3.05, 3.63) is 29.0 Å². The number of nitrogens with zero attached hydrogens (tertiary/aromatic N) is 2. The molecule has 1 saturated heterocycles. The van der Waals surface area contributed by atoms with Crippen LogP contribution in [0.15, 0.2) is 18.3 Å². The Bertz CT molecular complexity index is 326. The Hall–Kier alpha value is -0.640. The molecule has 2 rings (SSSR count). The molecule has 0 bridgehead atoms. The van der Waals surface area contributed by atoms with E-state index in [1.807, 2.05) is 12.1 Å². The first-order valence-corrected chi connectivity index (χ1v) is 5.52. The summed E-state index contributed by atoms with van der Waals surface area (Å²) >= 11 is 5.83. The van der Waals surface area contributed by atoms with Gasteiger partial charge in [0.05, 0.1) is 6.61 Å². The molecular formula is C11H15ClN2O. The number of aromatic nitrogens is 1. The molecule has 0 radical (unpaired) electrons. The molecule has 82 valence electrons. The fourth-order valence-corrected chi connectivity index (χ4v) is 2.02. The zero-order chi connectivity index (χ0) is 10.7. The smallest absolute Gasteiger partial charge is 0.129 e. The van der Waals surface area contributed by atoms with Crippen molar-refractivity contribution in [2.75, 3.05) is 20.3 Å². The SMILES string of the molecule is CN(Cc1ccnc(Cl)c1)C1CCOC1. The van der Waals surface area contributed by atoms with Gasteiger partial charge in [0, 0.05) is 25.4 Å². The second-order valence-electron chi connectivity index (χ2n) is 3.92. The maximum Gasteiger partial charge on any atom is 0.129 e. The maximum atomic E-state index is 5.83. The van der Waals surface area contributed by atoms with Gasteiger partial charge in [-0.25, -0.2) is 4.98 Å². The molecule has 0 aliphatic carbocycles. The number of ether oxygens (including phenoxy) is 1. The number of pyridine rings is 1. The molecule has 1 aromatic rings. The standard InChI is InChI=1S/C11H15ClN2O/c1-14(10-3-5-15-8-10)7-9-2-4-13-11(12)6-9/h2,4,6,10H,3,5,7-8H2,1H3. The lowest BCUT2D eigenvalue weighted by molar-refractivity contribution is 0.156. The molecule has 1 atom stereocenters. The minimum atomic E-state index is 0.539. The number of likely N-dealkylation sites (N-methyl/N-ethyl adjacent to an activating group) is 1. The first kappa shape index (κ1) is 10.9. The Labute approximate surface area is 95.0 Å². The van der Waals surface area contributed by atoms with Gasteiger partial charge < -0.3 is 4.74 Å². The number of hydrogen-bond donors (Lipinski definition) is 0. The molecule has 1 unspecified atom stereocenters. The quantitative estimate of drug-likeness (QED) is 0.737. The van der Waals surface area contributed by atoms with Crippen LogP contribution in [-0.4, -0.2) is 36.2 Å². The lowest BCUT2D eigenvalue weighted by atomic mass is 10.2. The minimum absolute atomic E-state index is 0.539. The summed E-state index contributed by atoms with van der Waals surface area (Å²) in [7, 11) is 2.12. The summed E-state index contributed by atoms with van der Waals surface area (Å²) in [4.78, 5) is 6.27. The summed E-state index contributed by atoms with van der Waals surface area (Å²) in [6.07, 6.45) is 2.87. The van der Waals surface area contributed by atoms with Gasteiger partial charge in [0.15, 0.2) is 0 Å². The normalized spacial score (nSPS) is 21.1. The largest absolute Gasteiger partial charge is 0.380 e. The third-order valence-electron chi connectivity index (χ3n) is 2.75. The van der Waals surface area contributed by atoms with Crippen LogP contribution in [0.5, 0.6) is 0 Å². The van der Waals surface area contributed by atoms with Crippen LogP contribution in [0.25, 0.3) is 0 Å². The van der Waals surface area contributed by atoms with E-state index in [0.717, 1.165) is 26.2 Å². The fraction of sp³-hybridized carbons (Fsp3) is 0.545. The van der Waals surface area contributed by atoms with Gasteiger partial charge in [-0.1, -0.05) is 11.6 Å². The lowest BCUT2D eigenvalue weighted by Crippen LogP contribution is -2.31. The van der Waals surface area contributed by atoms with Crippen LogP contribution in [0.2, 0.25) is 5.15 Å². The lowest BCUT2D eigenvalue weighted by Gasteiger charge is -2.22. The molecule has 4 heteroatoms. The molecule has 0 N–H and O–H groups in total. The third-order valence-corrected chi connectivity index (χ3v) is 2.96. The van der Waals surface area contributed by atoms with E-state index in [0.29, 0.717) is 11.2 Å². The summed E-state index contributed by atoms with van der Waals surface area (Å²) < 4.78 is 5.36. The zero-order valence-electron chi connectivity index (χ0n) is 8.82. The van der Waals surface area contributed by atoms with Gasteiger partial charge in [-0.15, -0.1) is 0 Å². The van der Waals surface area contributed by atoms with Crippen molar-refractivity contribution in [2.24, 2.45) is 0 Å². The minimum Gasteiger partial charge on any atom is -0.380 e. The van der Waals surface area contributed by atoms with E-state index in [1.165, 1.54) is 5.56 Å². The Morgan fingerprint density at radius 3 is 3.20 bits per heavy atom. The average molecular weight is 227 g/mol. The second kappa shape index (κ2) is 4.92. The highest BCUT2D eigenvalue weighted by molar-refractivity contribution is 6.29. The van der Waals surface area contributed by atoms with Crippen LogP contribution in [0.1, 0.15) is 12.0 Å². The van der Waals surface area contributed by atoms with Gasteiger partial charge >= 0.3 is 0 Å². The first-order valence-electron chi connectivity index (χ1n) is 5.14. The third kappa shape index (κ3) is 2.91. The fourth-order valence-electron chi connectivity index (χ4n) is 1.83. The highest BCUT2D eigenvalue weighted by Gasteiger charge is 2.20. The van der Waals surface area contributed by atoms with Gasteiger partial charge in [0.1, 0.15) is 5.15 Å². The topological polar surface area (TPSA) is 25.4 Å². The van der Waals surface area contributed by atoms with Crippen LogP contribution in [-0.2, 0) is 11.3 Å². The van der Waals surface area contributed by atoms with Gasteiger partial charge in [0.25, 0.3) is 0 Å². The molecule has 1 aromatic heterocycles. The average Bonchev–Trinajstić information content (AvgIpc) is 2.70. The predicted molar refractivity (Wildman–Crippen MR) is 59.9 cm³/mol. The molecule has 15 heavy (non-hydrogen) atoms. The van der Waals surface area contributed by atoms with E-state index < -0.39 is 0 Å².